The summed E-state index contributed by atoms with van der Waals surface area (Å²) in [6.45, 7) is 6.30. The minimum absolute atomic E-state index is 0.0202. The molecule has 1 aliphatic heterocycles. The van der Waals surface area contributed by atoms with Crippen LogP contribution in [0.5, 0.6) is 0 Å². The summed E-state index contributed by atoms with van der Waals surface area (Å²) in [5.74, 6) is -1.17. The summed E-state index contributed by atoms with van der Waals surface area (Å²) in [5, 5.41) is 21.1. The van der Waals surface area contributed by atoms with Crippen molar-refractivity contribution in [3.63, 3.8) is 0 Å². The van der Waals surface area contributed by atoms with Gasteiger partial charge in [-0.15, -0.1) is 0 Å². The average molecular weight is 258 g/mol. The van der Waals surface area contributed by atoms with Crippen LogP contribution in [-0.2, 0) is 4.79 Å². The molecule has 1 saturated heterocycles. The van der Waals surface area contributed by atoms with Crippen LogP contribution in [0.4, 0.5) is 4.79 Å². The van der Waals surface area contributed by atoms with Crippen LogP contribution in [0.1, 0.15) is 27.2 Å². The highest BCUT2D eigenvalue weighted by Gasteiger charge is 2.30. The Morgan fingerprint density at radius 3 is 2.44 bits per heavy atom. The van der Waals surface area contributed by atoms with E-state index in [2.05, 4.69) is 5.32 Å². The van der Waals surface area contributed by atoms with E-state index in [0.29, 0.717) is 19.5 Å². The largest absolute Gasteiger partial charge is 0.480 e. The van der Waals surface area contributed by atoms with E-state index in [-0.39, 0.29) is 24.0 Å². The lowest BCUT2D eigenvalue weighted by Gasteiger charge is -2.35. The summed E-state index contributed by atoms with van der Waals surface area (Å²) in [5.41, 5.74) is 0. The van der Waals surface area contributed by atoms with Crippen molar-refractivity contribution in [3.05, 3.63) is 0 Å². The van der Waals surface area contributed by atoms with Crippen LogP contribution in [-0.4, -0.2) is 52.3 Å². The molecule has 3 atom stereocenters. The number of carboxylic acids is 1. The van der Waals surface area contributed by atoms with E-state index in [1.165, 1.54) is 0 Å². The minimum Gasteiger partial charge on any atom is -0.480 e. The number of carbonyl (C=O) groups excluding carboxylic acids is 1. The van der Waals surface area contributed by atoms with Crippen LogP contribution in [0.25, 0.3) is 0 Å². The quantitative estimate of drug-likeness (QED) is 0.688. The molecule has 0 spiro atoms. The number of nitrogens with one attached hydrogen (secondary N) is 1. The van der Waals surface area contributed by atoms with Gasteiger partial charge in [-0.1, -0.05) is 20.8 Å². The number of piperidine rings is 1. The lowest BCUT2D eigenvalue weighted by molar-refractivity contribution is -0.140. The second-order valence-electron chi connectivity index (χ2n) is 5.29. The first-order chi connectivity index (χ1) is 8.32. The van der Waals surface area contributed by atoms with Gasteiger partial charge >= 0.3 is 12.0 Å². The van der Waals surface area contributed by atoms with Crippen LogP contribution in [0.15, 0.2) is 0 Å². The van der Waals surface area contributed by atoms with E-state index in [4.69, 9.17) is 5.11 Å². The number of nitrogens with zero attached hydrogens (tertiary/aromatic N) is 1. The van der Waals surface area contributed by atoms with Gasteiger partial charge in [0.1, 0.15) is 6.04 Å². The second kappa shape index (κ2) is 6.04. The number of carboxylic acid groups (broad SMARTS) is 1. The Balaban J connectivity index is 2.57. The Morgan fingerprint density at radius 2 is 2.00 bits per heavy atom. The van der Waals surface area contributed by atoms with Crippen molar-refractivity contribution in [1.82, 2.24) is 10.2 Å². The molecule has 6 heteroatoms. The minimum atomic E-state index is -1.02. The number of aliphatic carboxylic acids is 1. The third-order valence-electron chi connectivity index (χ3n) is 3.36. The van der Waals surface area contributed by atoms with Crippen LogP contribution in [0.3, 0.4) is 0 Å². The van der Waals surface area contributed by atoms with Crippen molar-refractivity contribution in [3.8, 4) is 0 Å². The molecule has 104 valence electrons. The molecular formula is C12H22N2O4. The van der Waals surface area contributed by atoms with E-state index < -0.39 is 12.0 Å². The fourth-order valence-corrected chi connectivity index (χ4v) is 2.06. The molecule has 0 saturated carbocycles. The lowest BCUT2D eigenvalue weighted by atomic mass is 9.97. The monoisotopic (exact) mass is 258 g/mol. The number of amides is 2. The first-order valence-electron chi connectivity index (χ1n) is 6.29. The van der Waals surface area contributed by atoms with Gasteiger partial charge in [0, 0.05) is 13.1 Å². The molecular weight excluding hydrogens is 236 g/mol. The SMILES string of the molecule is CC1CN(C(=O)N[C@@H](C(=O)O)C(C)C)CCC1O. The molecule has 6 nitrogen and oxygen atoms in total. The standard InChI is InChI=1S/C12H22N2O4/c1-7(2)10(11(16)17)13-12(18)14-5-4-9(15)8(3)6-14/h7-10,15H,4-6H2,1-3H3,(H,13,18)(H,16,17)/t8?,9?,10-/m1/s1. The maximum atomic E-state index is 11.9. The van der Waals surface area contributed by atoms with Gasteiger partial charge in [-0.2, -0.15) is 0 Å². The maximum Gasteiger partial charge on any atom is 0.326 e. The zero-order valence-corrected chi connectivity index (χ0v) is 11.1. The number of aliphatic hydroxyl groups excluding tert-OH is 1. The zero-order chi connectivity index (χ0) is 13.9. The Bertz CT molecular complexity index is 319. The molecule has 0 aliphatic carbocycles. The van der Waals surface area contributed by atoms with Gasteiger partial charge in [0.25, 0.3) is 0 Å². The van der Waals surface area contributed by atoms with E-state index in [0.717, 1.165) is 0 Å². The van der Waals surface area contributed by atoms with Crippen molar-refractivity contribution < 1.29 is 19.8 Å². The van der Waals surface area contributed by atoms with E-state index in [9.17, 15) is 14.7 Å². The van der Waals surface area contributed by atoms with Crippen LogP contribution >= 0.6 is 0 Å². The maximum absolute atomic E-state index is 11.9. The predicted molar refractivity (Wildman–Crippen MR) is 66.2 cm³/mol. The highest BCUT2D eigenvalue weighted by molar-refractivity contribution is 5.82. The number of carbonyl (C=O) groups is 2. The zero-order valence-electron chi connectivity index (χ0n) is 11.1. The predicted octanol–water partition coefficient (Wildman–Crippen LogP) is 0.508. The van der Waals surface area contributed by atoms with Gasteiger partial charge in [-0.3, -0.25) is 0 Å². The third kappa shape index (κ3) is 3.60. The van der Waals surface area contributed by atoms with Crippen molar-refractivity contribution in [2.45, 2.75) is 39.3 Å². The highest BCUT2D eigenvalue weighted by Crippen LogP contribution is 2.16. The molecule has 0 aromatic carbocycles. The van der Waals surface area contributed by atoms with Gasteiger partial charge in [0.15, 0.2) is 0 Å². The topological polar surface area (TPSA) is 89.9 Å². The molecule has 0 aromatic heterocycles. The Hall–Kier alpha value is -1.30. The first kappa shape index (κ1) is 14.8. The molecule has 2 amide bonds. The summed E-state index contributed by atoms with van der Waals surface area (Å²) in [6, 6.07) is -1.24. The lowest BCUT2D eigenvalue weighted by Crippen LogP contribution is -2.54. The number of likely N-dealkylation sites (tertiary alicyclic amines) is 1. The van der Waals surface area contributed by atoms with Gasteiger partial charge in [0.05, 0.1) is 6.10 Å². The molecule has 1 aliphatic rings. The normalized spacial score (nSPS) is 25.9. The van der Waals surface area contributed by atoms with E-state index >= 15 is 0 Å². The van der Waals surface area contributed by atoms with E-state index in [1.807, 2.05) is 6.92 Å². The summed E-state index contributed by atoms with van der Waals surface area (Å²) in [4.78, 5) is 24.5. The summed E-state index contributed by atoms with van der Waals surface area (Å²) in [6.07, 6.45) is 0.156. The first-order valence-corrected chi connectivity index (χ1v) is 6.29. The summed E-state index contributed by atoms with van der Waals surface area (Å²) >= 11 is 0. The molecule has 1 fully saturated rings. The molecule has 0 bridgehead atoms. The third-order valence-corrected chi connectivity index (χ3v) is 3.36. The molecule has 1 heterocycles. The molecule has 18 heavy (non-hydrogen) atoms. The fourth-order valence-electron chi connectivity index (χ4n) is 2.06. The smallest absolute Gasteiger partial charge is 0.326 e. The van der Waals surface area contributed by atoms with Crippen molar-refractivity contribution >= 4 is 12.0 Å². The number of rotatable bonds is 3. The Labute approximate surface area is 107 Å². The Morgan fingerprint density at radius 1 is 1.39 bits per heavy atom. The molecule has 0 aromatic rings. The van der Waals surface area contributed by atoms with Gasteiger partial charge < -0.3 is 20.4 Å². The fraction of sp³-hybridized carbons (Fsp3) is 0.833. The number of hydrogen-bond donors (Lipinski definition) is 3. The average Bonchev–Trinajstić information content (AvgIpc) is 2.28. The van der Waals surface area contributed by atoms with Crippen LogP contribution in [0.2, 0.25) is 0 Å². The Kier molecular flexibility index (Phi) is 4.95. The van der Waals surface area contributed by atoms with Gasteiger partial charge in [0.2, 0.25) is 0 Å². The number of aliphatic hydroxyl groups is 1. The number of urea groups is 1. The van der Waals surface area contributed by atoms with E-state index in [1.54, 1.807) is 18.7 Å². The molecule has 3 N–H and O–H groups in total. The van der Waals surface area contributed by atoms with Gasteiger partial charge in [-0.05, 0) is 18.3 Å². The van der Waals surface area contributed by atoms with Crippen molar-refractivity contribution in [2.24, 2.45) is 11.8 Å². The summed E-state index contributed by atoms with van der Waals surface area (Å²) < 4.78 is 0. The highest BCUT2D eigenvalue weighted by atomic mass is 16.4. The van der Waals surface area contributed by atoms with Crippen LogP contribution < -0.4 is 5.32 Å². The van der Waals surface area contributed by atoms with Crippen molar-refractivity contribution in [1.29, 1.82) is 0 Å². The van der Waals surface area contributed by atoms with Gasteiger partial charge in [-0.25, -0.2) is 9.59 Å². The summed E-state index contributed by atoms with van der Waals surface area (Å²) in [7, 11) is 0. The van der Waals surface area contributed by atoms with Crippen LogP contribution in [0, 0.1) is 11.8 Å². The van der Waals surface area contributed by atoms with Crippen molar-refractivity contribution in [2.75, 3.05) is 13.1 Å². The number of hydrogen-bond acceptors (Lipinski definition) is 3. The second-order valence-corrected chi connectivity index (χ2v) is 5.29. The molecule has 0 radical (unpaired) electrons. The molecule has 2 unspecified atom stereocenters. The molecule has 1 rings (SSSR count).